The number of halogens is 2. The smallest absolute Gasteiger partial charge is 0.367 e. The number of rotatable bonds is 8. The molecule has 0 bridgehead atoms. The molecular formula is C10H19F2O6SSi-. The van der Waals surface area contributed by atoms with E-state index in [1.807, 2.05) is 13.1 Å². The summed E-state index contributed by atoms with van der Waals surface area (Å²) in [5, 5.41) is -4.60. The van der Waals surface area contributed by atoms with E-state index in [2.05, 4.69) is 4.74 Å². The molecule has 6 nitrogen and oxygen atoms in total. The van der Waals surface area contributed by atoms with Crippen LogP contribution in [0.4, 0.5) is 8.78 Å². The molecule has 0 rings (SSSR count). The molecule has 1 atom stereocenters. The average Bonchev–Trinajstić information content (AvgIpc) is 2.24. The zero-order valence-corrected chi connectivity index (χ0v) is 13.6. The molecule has 0 spiro atoms. The van der Waals surface area contributed by atoms with Crippen molar-refractivity contribution in [3.8, 4) is 0 Å². The first-order valence-corrected chi connectivity index (χ1v) is 10.4. The monoisotopic (exact) mass is 333 g/mol. The number of hydrogen-bond acceptors (Lipinski definition) is 6. The van der Waals surface area contributed by atoms with E-state index >= 15 is 0 Å². The molecule has 0 aromatic carbocycles. The van der Waals surface area contributed by atoms with Gasteiger partial charge in [0.05, 0.1) is 0 Å². The van der Waals surface area contributed by atoms with Crippen LogP contribution < -0.4 is 0 Å². The third kappa shape index (κ3) is 6.73. The Morgan fingerprint density at radius 1 is 1.40 bits per heavy atom. The Morgan fingerprint density at radius 2 is 1.90 bits per heavy atom. The molecule has 0 amide bonds. The lowest BCUT2D eigenvalue weighted by atomic mass is 10.1. The van der Waals surface area contributed by atoms with Crippen molar-refractivity contribution in [2.24, 2.45) is 5.92 Å². The lowest BCUT2D eigenvalue weighted by Crippen LogP contribution is -2.35. The molecule has 0 aliphatic rings. The number of esters is 1. The van der Waals surface area contributed by atoms with E-state index in [1.54, 1.807) is 14.0 Å². The molecule has 0 saturated carbocycles. The van der Waals surface area contributed by atoms with Crippen LogP contribution >= 0.6 is 0 Å². The molecule has 0 heterocycles. The van der Waals surface area contributed by atoms with Crippen molar-refractivity contribution in [1.82, 2.24) is 0 Å². The van der Waals surface area contributed by atoms with Crippen molar-refractivity contribution >= 4 is 24.4 Å². The maximum atomic E-state index is 12.8. The van der Waals surface area contributed by atoms with Crippen LogP contribution in [-0.2, 0) is 24.1 Å². The van der Waals surface area contributed by atoms with Crippen molar-refractivity contribution in [3.05, 3.63) is 0 Å². The standard InChI is InChI=1S/C10H20F2O6SSi/c1-8(6-20(3,4)17-2)5-9(13)18-7-10(11,12)19(14,15)16/h8H,5-7H2,1-4H3,(H,14,15,16)/p-1. The van der Waals surface area contributed by atoms with Gasteiger partial charge < -0.3 is 13.7 Å². The summed E-state index contributed by atoms with van der Waals surface area (Å²) in [6, 6.07) is 0.620. The van der Waals surface area contributed by atoms with Gasteiger partial charge in [-0.25, -0.2) is 8.42 Å². The maximum Gasteiger partial charge on any atom is 0.367 e. The molecule has 120 valence electrons. The Balaban J connectivity index is 4.32. The van der Waals surface area contributed by atoms with Gasteiger partial charge in [0.2, 0.25) is 0 Å². The second-order valence-electron chi connectivity index (χ2n) is 5.23. The summed E-state index contributed by atoms with van der Waals surface area (Å²) in [5.41, 5.74) is 0. The van der Waals surface area contributed by atoms with Gasteiger partial charge >= 0.3 is 11.2 Å². The second kappa shape index (κ2) is 6.92. The van der Waals surface area contributed by atoms with Crippen molar-refractivity contribution in [3.63, 3.8) is 0 Å². The highest BCUT2D eigenvalue weighted by molar-refractivity contribution is 7.86. The fourth-order valence-corrected chi connectivity index (χ4v) is 3.77. The van der Waals surface area contributed by atoms with Gasteiger partial charge in [-0.3, -0.25) is 4.79 Å². The van der Waals surface area contributed by atoms with E-state index in [0.29, 0.717) is 6.04 Å². The topological polar surface area (TPSA) is 92.7 Å². The zero-order chi connectivity index (χ0) is 16.2. The van der Waals surface area contributed by atoms with Gasteiger partial charge in [0.1, 0.15) is 0 Å². The van der Waals surface area contributed by atoms with E-state index in [-0.39, 0.29) is 12.3 Å². The Bertz CT molecular complexity index is 437. The Labute approximate surface area is 118 Å². The first kappa shape index (κ1) is 19.4. The molecule has 0 aliphatic carbocycles. The molecule has 0 radical (unpaired) electrons. The number of ether oxygens (including phenoxy) is 1. The van der Waals surface area contributed by atoms with Gasteiger partial charge in [-0.2, -0.15) is 8.78 Å². The number of carbonyl (C=O) groups excluding carboxylic acids is 1. The first-order chi connectivity index (χ1) is 8.81. The third-order valence-corrected chi connectivity index (χ3v) is 6.31. The highest BCUT2D eigenvalue weighted by Crippen LogP contribution is 2.23. The normalized spacial score (nSPS) is 14.9. The first-order valence-electron chi connectivity index (χ1n) is 5.85. The van der Waals surface area contributed by atoms with Gasteiger partial charge in [0.25, 0.3) is 0 Å². The molecule has 0 aromatic rings. The van der Waals surface area contributed by atoms with Gasteiger partial charge in [0, 0.05) is 13.5 Å². The number of carbonyl (C=O) groups is 1. The van der Waals surface area contributed by atoms with Crippen LogP contribution in [0.25, 0.3) is 0 Å². The predicted molar refractivity (Wildman–Crippen MR) is 68.7 cm³/mol. The quantitative estimate of drug-likeness (QED) is 0.380. The van der Waals surface area contributed by atoms with Crippen LogP contribution in [0.5, 0.6) is 0 Å². The molecule has 0 N–H and O–H groups in total. The van der Waals surface area contributed by atoms with E-state index < -0.39 is 36.3 Å². The highest BCUT2D eigenvalue weighted by atomic mass is 32.2. The van der Waals surface area contributed by atoms with Crippen molar-refractivity contribution < 1.29 is 35.7 Å². The predicted octanol–water partition coefficient (Wildman–Crippen LogP) is 1.55. The van der Waals surface area contributed by atoms with Crippen molar-refractivity contribution in [2.45, 2.75) is 37.7 Å². The average molecular weight is 333 g/mol. The Morgan fingerprint density at radius 3 is 2.30 bits per heavy atom. The summed E-state index contributed by atoms with van der Waals surface area (Å²) in [5.74, 6) is -1.12. The van der Waals surface area contributed by atoms with Crippen molar-refractivity contribution in [2.75, 3.05) is 13.7 Å². The van der Waals surface area contributed by atoms with Crippen LogP contribution in [0.3, 0.4) is 0 Å². The van der Waals surface area contributed by atoms with Crippen LogP contribution in [0.2, 0.25) is 19.1 Å². The van der Waals surface area contributed by atoms with Gasteiger partial charge in [-0.05, 0) is 25.1 Å². The summed E-state index contributed by atoms with van der Waals surface area (Å²) in [4.78, 5) is 11.3. The Kier molecular flexibility index (Phi) is 6.72. The SMILES string of the molecule is CO[Si](C)(C)CC(C)CC(=O)OCC(F)(F)S(=O)(=O)[O-]. The lowest BCUT2D eigenvalue weighted by molar-refractivity contribution is -0.150. The van der Waals surface area contributed by atoms with Gasteiger partial charge in [-0.1, -0.05) is 6.92 Å². The largest absolute Gasteiger partial charge is 0.743 e. The summed E-state index contributed by atoms with van der Waals surface area (Å²) in [6.45, 7) is 3.85. The van der Waals surface area contributed by atoms with Crippen molar-refractivity contribution in [1.29, 1.82) is 0 Å². The lowest BCUT2D eigenvalue weighted by Gasteiger charge is -2.24. The maximum absolute atomic E-state index is 12.8. The molecular weight excluding hydrogens is 314 g/mol. The molecule has 1 unspecified atom stereocenters. The molecule has 10 heteroatoms. The van der Waals surface area contributed by atoms with Crippen LogP contribution in [0.1, 0.15) is 13.3 Å². The van der Waals surface area contributed by atoms with E-state index in [4.69, 9.17) is 4.43 Å². The van der Waals surface area contributed by atoms with E-state index in [9.17, 15) is 26.5 Å². The summed E-state index contributed by atoms with van der Waals surface area (Å²) in [6.07, 6.45) is -0.144. The van der Waals surface area contributed by atoms with Gasteiger partial charge in [0.15, 0.2) is 25.0 Å². The fraction of sp³-hybridized carbons (Fsp3) is 0.900. The number of hydrogen-bond donors (Lipinski definition) is 0. The zero-order valence-electron chi connectivity index (χ0n) is 11.8. The summed E-state index contributed by atoms with van der Waals surface area (Å²) < 4.78 is 65.6. The molecule has 0 fully saturated rings. The molecule has 0 aromatic heterocycles. The van der Waals surface area contributed by atoms with E-state index in [0.717, 1.165) is 0 Å². The van der Waals surface area contributed by atoms with E-state index in [1.165, 1.54) is 0 Å². The molecule has 20 heavy (non-hydrogen) atoms. The molecule has 0 aliphatic heterocycles. The minimum atomic E-state index is -5.83. The third-order valence-electron chi connectivity index (χ3n) is 2.67. The fourth-order valence-electron chi connectivity index (χ4n) is 1.57. The highest BCUT2D eigenvalue weighted by Gasteiger charge is 2.39. The van der Waals surface area contributed by atoms with Gasteiger partial charge in [-0.15, -0.1) is 0 Å². The summed E-state index contributed by atoms with van der Waals surface area (Å²) in [7, 11) is -6.17. The van der Waals surface area contributed by atoms with Crippen LogP contribution in [0.15, 0.2) is 0 Å². The van der Waals surface area contributed by atoms with Crippen LogP contribution in [0, 0.1) is 5.92 Å². The second-order valence-corrected chi connectivity index (χ2v) is 11.1. The summed E-state index contributed by atoms with van der Waals surface area (Å²) >= 11 is 0. The van der Waals surface area contributed by atoms with Crippen LogP contribution in [-0.4, -0.2) is 46.2 Å². The minimum absolute atomic E-state index is 0.144. The minimum Gasteiger partial charge on any atom is -0.743 e. The molecule has 0 saturated heterocycles. The Hall–Kier alpha value is -0.583. The number of alkyl halides is 2.